The Morgan fingerprint density at radius 3 is 1.75 bits per heavy atom. The number of hydrogen-bond donors (Lipinski definition) is 0. The number of benzene rings is 2. The average Bonchev–Trinajstić information content (AvgIpc) is 2.70. The second kappa shape index (κ2) is 11.2. The number of ether oxygens (including phenoxy) is 1. The third kappa shape index (κ3) is 8.14. The number of carbonyl (C=O) groups excluding carboxylic acids is 2. The molecule has 13 heteroatoms. The number of esters is 1. The van der Waals surface area contributed by atoms with Gasteiger partial charge in [0, 0.05) is 9.79 Å². The Balaban J connectivity index is 2.40. The lowest BCUT2D eigenvalue weighted by Crippen LogP contribution is -2.44. The Hall–Kier alpha value is -2.04. The maximum absolute atomic E-state index is 13.7. The minimum Gasteiger partial charge on any atom is -0.465 e. The molecule has 0 unspecified atom stereocenters. The summed E-state index contributed by atoms with van der Waals surface area (Å²) in [7, 11) is 0. The Bertz CT molecular complexity index is 935. The standard InChI is InChI=1S/C19H17F5NO4PS2/c1-2-29-17(26)11-25(18(27)19(22,23)24)12-30(28,31-15-7-3-13(20)4-8-15)32-16-9-5-14(21)6-10-16/h3-10H,2,11-12H2,1H3. The van der Waals surface area contributed by atoms with E-state index in [1.54, 1.807) is 0 Å². The van der Waals surface area contributed by atoms with Crippen molar-refractivity contribution in [2.75, 3.05) is 19.4 Å². The molecule has 0 bridgehead atoms. The molecule has 5 nitrogen and oxygen atoms in total. The molecule has 0 aliphatic rings. The number of rotatable bonds is 9. The summed E-state index contributed by atoms with van der Waals surface area (Å²) in [6.45, 7) is 0.247. The van der Waals surface area contributed by atoms with E-state index in [4.69, 9.17) is 0 Å². The molecule has 174 valence electrons. The largest absolute Gasteiger partial charge is 0.471 e. The third-order valence-corrected chi connectivity index (χ3v) is 10.8. The summed E-state index contributed by atoms with van der Waals surface area (Å²) < 4.78 is 84.2. The fraction of sp³-hybridized carbons (Fsp3) is 0.263. The molecule has 0 aromatic heterocycles. The first-order valence-electron chi connectivity index (χ1n) is 8.93. The van der Waals surface area contributed by atoms with Gasteiger partial charge in [-0.15, -0.1) is 0 Å². The van der Waals surface area contributed by atoms with Crippen LogP contribution < -0.4 is 0 Å². The fourth-order valence-corrected chi connectivity index (χ4v) is 10.1. The quantitative estimate of drug-likeness (QED) is 0.235. The predicted molar refractivity (Wildman–Crippen MR) is 111 cm³/mol. The molecule has 0 saturated heterocycles. The van der Waals surface area contributed by atoms with Gasteiger partial charge in [0.2, 0.25) is 5.55 Å². The van der Waals surface area contributed by atoms with Crippen molar-refractivity contribution in [2.24, 2.45) is 0 Å². The number of carbonyl (C=O) groups is 2. The summed E-state index contributed by atoms with van der Waals surface area (Å²) in [5, 5.41) is 0. The van der Waals surface area contributed by atoms with Gasteiger partial charge in [-0.1, -0.05) is 0 Å². The van der Waals surface area contributed by atoms with Crippen LogP contribution >= 0.6 is 28.3 Å². The van der Waals surface area contributed by atoms with Gasteiger partial charge in [-0.2, -0.15) is 13.2 Å². The van der Waals surface area contributed by atoms with Crippen molar-refractivity contribution in [3.63, 3.8) is 0 Å². The van der Waals surface area contributed by atoms with Gasteiger partial charge in [0.05, 0.1) is 12.9 Å². The van der Waals surface area contributed by atoms with Crippen LogP contribution in [-0.4, -0.2) is 42.4 Å². The highest BCUT2D eigenvalue weighted by atomic mass is 33.1. The number of nitrogens with zero attached hydrogens (tertiary/aromatic N) is 1. The van der Waals surface area contributed by atoms with Crippen LogP contribution in [0.15, 0.2) is 58.3 Å². The molecular formula is C19H17F5NO4PS2. The maximum Gasteiger partial charge on any atom is 0.471 e. The molecule has 0 atom stereocenters. The van der Waals surface area contributed by atoms with Crippen molar-refractivity contribution in [3.05, 3.63) is 60.2 Å². The fourth-order valence-electron chi connectivity index (χ4n) is 2.33. The van der Waals surface area contributed by atoms with Crippen LogP contribution in [0.2, 0.25) is 0 Å². The zero-order valence-corrected chi connectivity index (χ0v) is 19.0. The summed E-state index contributed by atoms with van der Waals surface area (Å²) in [4.78, 5) is 24.4. The minimum absolute atomic E-state index is 0.117. The van der Waals surface area contributed by atoms with Gasteiger partial charge in [-0.3, -0.25) is 14.2 Å². The molecule has 1 amide bonds. The summed E-state index contributed by atoms with van der Waals surface area (Å²) in [6.07, 6.45) is -6.27. The van der Waals surface area contributed by atoms with Gasteiger partial charge in [0.15, 0.2) is 0 Å². The predicted octanol–water partition coefficient (Wildman–Crippen LogP) is 5.95. The second-order valence-corrected chi connectivity index (χ2v) is 14.3. The first kappa shape index (κ1) is 26.2. The molecule has 0 radical (unpaired) electrons. The monoisotopic (exact) mass is 513 g/mol. The van der Waals surface area contributed by atoms with E-state index in [1.807, 2.05) is 0 Å². The van der Waals surface area contributed by atoms with Crippen LogP contribution in [0.25, 0.3) is 0 Å². The van der Waals surface area contributed by atoms with Crippen molar-refractivity contribution in [1.82, 2.24) is 4.90 Å². The summed E-state index contributed by atoms with van der Waals surface area (Å²) >= 11 is 1.28. The second-order valence-electron chi connectivity index (χ2n) is 6.15. The smallest absolute Gasteiger partial charge is 0.465 e. The molecule has 0 saturated carbocycles. The van der Waals surface area contributed by atoms with Gasteiger partial charge in [0.25, 0.3) is 0 Å². The third-order valence-electron chi connectivity index (χ3n) is 3.62. The van der Waals surface area contributed by atoms with Crippen molar-refractivity contribution >= 4 is 40.2 Å². The number of hydrogen-bond acceptors (Lipinski definition) is 6. The molecule has 2 aromatic rings. The molecule has 0 heterocycles. The van der Waals surface area contributed by atoms with Gasteiger partial charge in [-0.05, 0) is 78.2 Å². The van der Waals surface area contributed by atoms with E-state index in [9.17, 15) is 36.1 Å². The number of alkyl halides is 3. The number of amides is 1. The lowest BCUT2D eigenvalue weighted by atomic mass is 10.4. The summed E-state index contributed by atoms with van der Waals surface area (Å²) in [6, 6.07) is 9.41. The first-order valence-corrected chi connectivity index (χ1v) is 13.7. The Morgan fingerprint density at radius 2 is 1.38 bits per heavy atom. The van der Waals surface area contributed by atoms with E-state index in [-0.39, 0.29) is 21.3 Å². The lowest BCUT2D eigenvalue weighted by molar-refractivity contribution is -0.186. The molecule has 2 aromatic carbocycles. The maximum atomic E-state index is 13.7. The van der Waals surface area contributed by atoms with Crippen molar-refractivity contribution in [3.8, 4) is 0 Å². The molecule has 0 aliphatic carbocycles. The van der Waals surface area contributed by atoms with E-state index in [0.717, 1.165) is 24.3 Å². The molecule has 0 N–H and O–H groups in total. The van der Waals surface area contributed by atoms with Gasteiger partial charge in [-0.25, -0.2) is 8.78 Å². The van der Waals surface area contributed by atoms with Crippen LogP contribution in [-0.2, 0) is 18.9 Å². The highest BCUT2D eigenvalue weighted by molar-refractivity contribution is 8.90. The van der Waals surface area contributed by atoms with E-state index >= 15 is 0 Å². The van der Waals surface area contributed by atoms with E-state index in [2.05, 4.69) is 4.74 Å². The van der Waals surface area contributed by atoms with Crippen LogP contribution in [0.5, 0.6) is 0 Å². The zero-order chi connectivity index (χ0) is 23.9. The zero-order valence-electron chi connectivity index (χ0n) is 16.5. The van der Waals surface area contributed by atoms with Gasteiger partial charge < -0.3 is 9.64 Å². The molecule has 0 aliphatic heterocycles. The van der Waals surface area contributed by atoms with Crippen LogP contribution in [0.1, 0.15) is 6.92 Å². The van der Waals surface area contributed by atoms with Crippen LogP contribution in [0.4, 0.5) is 22.0 Å². The van der Waals surface area contributed by atoms with Crippen molar-refractivity contribution < 1.29 is 40.8 Å². The normalized spacial score (nSPS) is 11.8. The SMILES string of the molecule is CCOC(=O)CN(CP(=O)(Sc1ccc(F)cc1)Sc1ccc(F)cc1)C(=O)C(F)(F)F. The topological polar surface area (TPSA) is 63.7 Å². The Kier molecular flexibility index (Phi) is 9.18. The molecule has 0 spiro atoms. The van der Waals surface area contributed by atoms with Gasteiger partial charge in [0.1, 0.15) is 18.2 Å². The molecular weight excluding hydrogens is 496 g/mol. The summed E-state index contributed by atoms with van der Waals surface area (Å²) in [5.41, 5.74) is -3.86. The Labute approximate surface area is 188 Å². The highest BCUT2D eigenvalue weighted by Gasteiger charge is 2.45. The summed E-state index contributed by atoms with van der Waals surface area (Å²) in [5.74, 6) is -4.61. The van der Waals surface area contributed by atoms with E-state index in [0.29, 0.717) is 22.8 Å². The average molecular weight is 513 g/mol. The van der Waals surface area contributed by atoms with Crippen LogP contribution in [0.3, 0.4) is 0 Å². The Morgan fingerprint density at radius 1 is 0.938 bits per heavy atom. The highest BCUT2D eigenvalue weighted by Crippen LogP contribution is 2.73. The van der Waals surface area contributed by atoms with Crippen LogP contribution in [0, 0.1) is 11.6 Å². The number of halogens is 5. The minimum atomic E-state index is -5.32. The molecule has 2 rings (SSSR count). The molecule has 0 fully saturated rings. The van der Waals surface area contributed by atoms with Crippen molar-refractivity contribution in [1.29, 1.82) is 0 Å². The first-order chi connectivity index (χ1) is 14.9. The van der Waals surface area contributed by atoms with E-state index in [1.165, 1.54) is 31.2 Å². The lowest BCUT2D eigenvalue weighted by Gasteiger charge is -2.27. The van der Waals surface area contributed by atoms with E-state index < -0.39 is 48.1 Å². The van der Waals surface area contributed by atoms with Gasteiger partial charge >= 0.3 is 18.1 Å². The molecule has 32 heavy (non-hydrogen) atoms. The van der Waals surface area contributed by atoms with Crippen molar-refractivity contribution in [2.45, 2.75) is 22.9 Å².